The number of non-ortho nitro benzene ring substituents is 1. The van der Waals surface area contributed by atoms with Gasteiger partial charge in [0, 0.05) is 38.1 Å². The van der Waals surface area contributed by atoms with E-state index in [1.54, 1.807) is 11.0 Å². The molecular weight excluding hydrogens is 434 g/mol. The van der Waals surface area contributed by atoms with Crippen LogP contribution in [0.4, 0.5) is 5.69 Å². The molecule has 0 radical (unpaired) electrons. The lowest BCUT2D eigenvalue weighted by atomic mass is 9.80. The van der Waals surface area contributed by atoms with E-state index in [0.29, 0.717) is 36.6 Å². The van der Waals surface area contributed by atoms with E-state index in [0.717, 1.165) is 6.41 Å². The quantitative estimate of drug-likeness (QED) is 0.294. The molecule has 1 atom stereocenters. The van der Waals surface area contributed by atoms with Crippen molar-refractivity contribution in [1.82, 2.24) is 9.96 Å². The van der Waals surface area contributed by atoms with Crippen LogP contribution in [-0.2, 0) is 23.9 Å². The van der Waals surface area contributed by atoms with E-state index in [-0.39, 0.29) is 28.2 Å². The van der Waals surface area contributed by atoms with Gasteiger partial charge in [-0.1, -0.05) is 12.1 Å². The number of nitrogens with zero attached hydrogens (tertiary/aromatic N) is 3. The standard InChI is InChI=1S/C22H25N3O8/c1-13-18(21(27)32-3)20(15-5-4-6-16(11-15)25(30)31)19(14(2)24(13)29)22(28)33-17-7-9-23(12-26)10-8-17/h4-6,11-12,17,20,29H,7-10H2,1-3H3. The Balaban J connectivity index is 2.06. The molecule has 1 saturated heterocycles. The van der Waals surface area contributed by atoms with E-state index in [4.69, 9.17) is 9.47 Å². The van der Waals surface area contributed by atoms with Gasteiger partial charge in [0.05, 0.1) is 40.5 Å². The van der Waals surface area contributed by atoms with Gasteiger partial charge in [0.1, 0.15) is 6.10 Å². The molecule has 1 amide bonds. The summed E-state index contributed by atoms with van der Waals surface area (Å²) in [5.74, 6) is -2.61. The first-order chi connectivity index (χ1) is 15.7. The maximum atomic E-state index is 13.3. The highest BCUT2D eigenvalue weighted by molar-refractivity contribution is 5.99. The number of likely N-dealkylation sites (tertiary alicyclic amines) is 1. The van der Waals surface area contributed by atoms with Crippen molar-refractivity contribution < 1.29 is 34.0 Å². The Hall–Kier alpha value is -3.73. The Bertz CT molecular complexity index is 1040. The molecule has 3 rings (SSSR count). The molecule has 0 bridgehead atoms. The van der Waals surface area contributed by atoms with Gasteiger partial charge in [0.15, 0.2) is 0 Å². The molecule has 1 aromatic carbocycles. The van der Waals surface area contributed by atoms with Gasteiger partial charge in [0.2, 0.25) is 6.41 Å². The predicted molar refractivity (Wildman–Crippen MR) is 114 cm³/mol. The molecule has 2 heterocycles. The number of allylic oxidation sites excluding steroid dienone is 2. The number of nitro groups is 1. The first-order valence-corrected chi connectivity index (χ1v) is 10.3. The zero-order valence-electron chi connectivity index (χ0n) is 18.5. The maximum absolute atomic E-state index is 13.3. The number of nitro benzene ring substituents is 1. The number of methoxy groups -OCH3 is 1. The highest BCUT2D eigenvalue weighted by atomic mass is 16.6. The molecule has 11 nitrogen and oxygen atoms in total. The van der Waals surface area contributed by atoms with Gasteiger partial charge in [-0.05, 0) is 19.4 Å². The number of hydrogen-bond acceptors (Lipinski definition) is 9. The molecule has 1 unspecified atom stereocenters. The molecule has 0 saturated carbocycles. The van der Waals surface area contributed by atoms with Crippen LogP contribution in [0.3, 0.4) is 0 Å². The monoisotopic (exact) mass is 459 g/mol. The third kappa shape index (κ3) is 4.72. The average Bonchev–Trinajstić information content (AvgIpc) is 2.82. The second-order valence-corrected chi connectivity index (χ2v) is 7.83. The van der Waals surface area contributed by atoms with E-state index < -0.39 is 28.9 Å². The fraction of sp³-hybridized carbons (Fsp3) is 0.409. The topological polar surface area (TPSA) is 140 Å². The summed E-state index contributed by atoms with van der Waals surface area (Å²) in [6.45, 7) is 3.85. The number of ether oxygens (including phenoxy) is 2. The number of benzene rings is 1. The van der Waals surface area contributed by atoms with Crippen LogP contribution in [0, 0.1) is 10.1 Å². The molecule has 0 spiro atoms. The van der Waals surface area contributed by atoms with Gasteiger partial charge in [-0.15, -0.1) is 0 Å². The van der Waals surface area contributed by atoms with Gasteiger partial charge >= 0.3 is 11.9 Å². The molecule has 0 aliphatic carbocycles. The van der Waals surface area contributed by atoms with Crippen LogP contribution >= 0.6 is 0 Å². The van der Waals surface area contributed by atoms with Crippen LogP contribution in [0.25, 0.3) is 0 Å². The minimum Gasteiger partial charge on any atom is -0.466 e. The van der Waals surface area contributed by atoms with Crippen molar-refractivity contribution in [3.63, 3.8) is 0 Å². The number of rotatable bonds is 6. The van der Waals surface area contributed by atoms with Crippen molar-refractivity contribution in [3.8, 4) is 0 Å². The zero-order chi connectivity index (χ0) is 24.3. The molecule has 1 aromatic rings. The Morgan fingerprint density at radius 1 is 1.15 bits per heavy atom. The minimum absolute atomic E-state index is 0.0261. The van der Waals surface area contributed by atoms with Gasteiger partial charge in [-0.25, -0.2) is 14.7 Å². The number of hydrogen-bond donors (Lipinski definition) is 1. The third-order valence-electron chi connectivity index (χ3n) is 5.93. The van der Waals surface area contributed by atoms with Gasteiger partial charge < -0.3 is 14.4 Å². The molecule has 11 heteroatoms. The number of amides is 1. The second kappa shape index (κ2) is 9.82. The van der Waals surface area contributed by atoms with Crippen molar-refractivity contribution in [2.45, 2.75) is 38.7 Å². The molecule has 2 aliphatic rings. The van der Waals surface area contributed by atoms with E-state index >= 15 is 0 Å². The van der Waals surface area contributed by atoms with Gasteiger partial charge in [0.25, 0.3) is 5.69 Å². The third-order valence-corrected chi connectivity index (χ3v) is 5.93. The summed E-state index contributed by atoms with van der Waals surface area (Å²) < 4.78 is 10.6. The van der Waals surface area contributed by atoms with E-state index in [1.807, 2.05) is 0 Å². The minimum atomic E-state index is -1.05. The van der Waals surface area contributed by atoms with Crippen LogP contribution in [0.2, 0.25) is 0 Å². The predicted octanol–water partition coefficient (Wildman–Crippen LogP) is 2.27. The largest absolute Gasteiger partial charge is 0.466 e. The summed E-state index contributed by atoms with van der Waals surface area (Å²) in [5.41, 5.74) is 0.292. The SMILES string of the molecule is COC(=O)C1=C(C)N(O)C(C)=C(C(=O)OC2CCN(C=O)CC2)C1c1cccc([N+](=O)[O-])c1. The zero-order valence-corrected chi connectivity index (χ0v) is 18.5. The summed E-state index contributed by atoms with van der Waals surface area (Å²) in [6, 6.07) is 5.59. The fourth-order valence-electron chi connectivity index (χ4n) is 4.15. The lowest BCUT2D eigenvalue weighted by Crippen LogP contribution is -2.39. The summed E-state index contributed by atoms with van der Waals surface area (Å²) in [6.07, 6.45) is 1.17. The highest BCUT2D eigenvalue weighted by Crippen LogP contribution is 2.43. The maximum Gasteiger partial charge on any atom is 0.337 e. The first-order valence-electron chi connectivity index (χ1n) is 10.3. The molecular formula is C22H25N3O8. The fourth-order valence-corrected chi connectivity index (χ4v) is 4.15. The van der Waals surface area contributed by atoms with E-state index in [9.17, 15) is 29.7 Å². The average molecular weight is 459 g/mol. The number of hydroxylamine groups is 2. The van der Waals surface area contributed by atoms with Crippen LogP contribution in [0.1, 0.15) is 38.2 Å². The summed E-state index contributed by atoms with van der Waals surface area (Å²) >= 11 is 0. The first kappa shape index (κ1) is 23.9. The molecule has 1 N–H and O–H groups in total. The molecule has 2 aliphatic heterocycles. The lowest BCUT2D eigenvalue weighted by molar-refractivity contribution is -0.384. The van der Waals surface area contributed by atoms with E-state index in [1.165, 1.54) is 39.2 Å². The Kier molecular flexibility index (Phi) is 7.12. The smallest absolute Gasteiger partial charge is 0.337 e. The number of piperidine rings is 1. The van der Waals surface area contributed by atoms with Gasteiger partial charge in [-0.3, -0.25) is 20.1 Å². The van der Waals surface area contributed by atoms with Crippen molar-refractivity contribution in [3.05, 3.63) is 62.5 Å². The molecule has 0 aromatic heterocycles. The van der Waals surface area contributed by atoms with Crippen molar-refractivity contribution in [1.29, 1.82) is 0 Å². The lowest BCUT2D eigenvalue weighted by Gasteiger charge is -2.35. The molecule has 33 heavy (non-hydrogen) atoms. The number of carbonyl (C=O) groups is 3. The van der Waals surface area contributed by atoms with Crippen LogP contribution in [-0.4, -0.2) is 64.7 Å². The summed E-state index contributed by atoms with van der Waals surface area (Å²) in [4.78, 5) is 49.3. The van der Waals surface area contributed by atoms with Crippen LogP contribution < -0.4 is 0 Å². The number of carbonyl (C=O) groups excluding carboxylic acids is 3. The molecule has 1 fully saturated rings. The van der Waals surface area contributed by atoms with Crippen molar-refractivity contribution in [2.75, 3.05) is 20.2 Å². The van der Waals surface area contributed by atoms with Crippen LogP contribution in [0.15, 0.2) is 46.8 Å². The number of esters is 2. The van der Waals surface area contributed by atoms with Gasteiger partial charge in [-0.2, -0.15) is 0 Å². The van der Waals surface area contributed by atoms with Crippen LogP contribution in [0.5, 0.6) is 0 Å². The molecule has 176 valence electrons. The Morgan fingerprint density at radius 3 is 2.30 bits per heavy atom. The summed E-state index contributed by atoms with van der Waals surface area (Å²) in [5, 5.41) is 22.7. The van der Waals surface area contributed by atoms with E-state index in [2.05, 4.69) is 0 Å². The second-order valence-electron chi connectivity index (χ2n) is 7.83. The highest BCUT2D eigenvalue weighted by Gasteiger charge is 2.41. The van der Waals surface area contributed by atoms with Crippen molar-refractivity contribution in [2.24, 2.45) is 0 Å². The normalized spacial score (nSPS) is 19.5. The Morgan fingerprint density at radius 2 is 1.76 bits per heavy atom. The summed E-state index contributed by atoms with van der Waals surface area (Å²) in [7, 11) is 1.17. The van der Waals surface area contributed by atoms with Crippen molar-refractivity contribution >= 4 is 24.0 Å². The Labute approximate surface area is 190 Å².